The first-order chi connectivity index (χ1) is 9.65. The Labute approximate surface area is 124 Å². The Balaban J connectivity index is 2.30. The minimum absolute atomic E-state index is 0.160. The number of nitrogens with zero attached hydrogens (tertiary/aromatic N) is 1. The van der Waals surface area contributed by atoms with Crippen molar-refractivity contribution in [1.82, 2.24) is 5.32 Å². The zero-order valence-corrected chi connectivity index (χ0v) is 13.0. The summed E-state index contributed by atoms with van der Waals surface area (Å²) < 4.78 is 14.3. The van der Waals surface area contributed by atoms with Gasteiger partial charge in [0, 0.05) is 18.5 Å². The van der Waals surface area contributed by atoms with E-state index in [9.17, 15) is 4.39 Å². The Hall–Kier alpha value is -1.39. The second-order valence-electron chi connectivity index (χ2n) is 4.83. The van der Waals surface area contributed by atoms with Gasteiger partial charge in [-0.05, 0) is 36.5 Å². The lowest BCUT2D eigenvalue weighted by atomic mass is 10.1. The van der Waals surface area contributed by atoms with Crippen LogP contribution in [0.5, 0.6) is 0 Å². The molecule has 1 atom stereocenters. The van der Waals surface area contributed by atoms with Crippen molar-refractivity contribution in [3.8, 4) is 0 Å². The third kappa shape index (κ3) is 3.19. The summed E-state index contributed by atoms with van der Waals surface area (Å²) in [5.41, 5.74) is 1.69. The number of thiophene rings is 1. The fraction of sp³-hybridized carbons (Fsp3) is 0.375. The van der Waals surface area contributed by atoms with E-state index >= 15 is 0 Å². The molecule has 2 aromatic rings. The maximum Gasteiger partial charge on any atom is 0.146 e. The monoisotopic (exact) mass is 292 g/mol. The van der Waals surface area contributed by atoms with Gasteiger partial charge in [0.2, 0.25) is 0 Å². The number of benzene rings is 1. The molecule has 2 nitrogen and oxygen atoms in total. The van der Waals surface area contributed by atoms with Gasteiger partial charge in [-0.2, -0.15) is 0 Å². The lowest BCUT2D eigenvalue weighted by molar-refractivity contribution is 0.605. The number of hydrogen-bond acceptors (Lipinski definition) is 3. The maximum atomic E-state index is 14.3. The van der Waals surface area contributed by atoms with Crippen molar-refractivity contribution in [3.63, 3.8) is 0 Å². The van der Waals surface area contributed by atoms with Gasteiger partial charge in [0.15, 0.2) is 0 Å². The molecule has 0 spiro atoms. The largest absolute Gasteiger partial charge is 0.364 e. The molecule has 1 N–H and O–H groups in total. The number of hydrogen-bond donors (Lipinski definition) is 1. The molecule has 0 fully saturated rings. The summed E-state index contributed by atoms with van der Waals surface area (Å²) in [7, 11) is 1.96. The van der Waals surface area contributed by atoms with Crippen LogP contribution in [0, 0.1) is 5.82 Å². The predicted molar refractivity (Wildman–Crippen MR) is 84.9 cm³/mol. The Morgan fingerprint density at radius 2 is 2.10 bits per heavy atom. The van der Waals surface area contributed by atoms with Crippen LogP contribution in [-0.2, 0) is 6.54 Å². The lowest BCUT2D eigenvalue weighted by Gasteiger charge is -2.29. The molecule has 0 aliphatic rings. The summed E-state index contributed by atoms with van der Waals surface area (Å²) in [6.45, 7) is 5.72. The van der Waals surface area contributed by atoms with E-state index in [1.165, 1.54) is 10.9 Å². The zero-order valence-electron chi connectivity index (χ0n) is 12.2. The second-order valence-corrected chi connectivity index (χ2v) is 5.81. The van der Waals surface area contributed by atoms with E-state index in [1.54, 1.807) is 17.4 Å². The topological polar surface area (TPSA) is 15.3 Å². The van der Waals surface area contributed by atoms with Crippen molar-refractivity contribution < 1.29 is 4.39 Å². The summed E-state index contributed by atoms with van der Waals surface area (Å²) in [4.78, 5) is 3.26. The van der Waals surface area contributed by atoms with Crippen LogP contribution in [-0.4, -0.2) is 13.6 Å². The van der Waals surface area contributed by atoms with Crippen LogP contribution in [0.4, 0.5) is 10.1 Å². The fourth-order valence-corrected chi connectivity index (χ4v) is 3.10. The molecule has 1 heterocycles. The summed E-state index contributed by atoms with van der Waals surface area (Å²) in [6.07, 6.45) is 0. The number of nitrogens with one attached hydrogen (secondary N) is 1. The molecule has 0 amide bonds. The minimum Gasteiger partial charge on any atom is -0.364 e. The van der Waals surface area contributed by atoms with Gasteiger partial charge >= 0.3 is 0 Å². The highest BCUT2D eigenvalue weighted by molar-refractivity contribution is 7.10. The van der Waals surface area contributed by atoms with E-state index in [2.05, 4.69) is 30.6 Å². The van der Waals surface area contributed by atoms with E-state index in [4.69, 9.17) is 0 Å². The van der Waals surface area contributed by atoms with Gasteiger partial charge in [0.05, 0.1) is 11.7 Å². The normalized spacial score (nSPS) is 12.4. The number of rotatable bonds is 6. The van der Waals surface area contributed by atoms with Crippen molar-refractivity contribution in [2.75, 3.05) is 18.5 Å². The van der Waals surface area contributed by atoms with E-state index in [1.807, 2.05) is 24.1 Å². The van der Waals surface area contributed by atoms with Gasteiger partial charge in [-0.3, -0.25) is 0 Å². The van der Waals surface area contributed by atoms with E-state index in [0.717, 1.165) is 12.1 Å². The number of anilines is 1. The first kappa shape index (κ1) is 15.0. The van der Waals surface area contributed by atoms with Crippen LogP contribution in [0.25, 0.3) is 0 Å². The van der Waals surface area contributed by atoms with Crippen molar-refractivity contribution >= 4 is 17.0 Å². The van der Waals surface area contributed by atoms with E-state index < -0.39 is 0 Å². The number of halogens is 1. The van der Waals surface area contributed by atoms with Crippen LogP contribution in [0.15, 0.2) is 35.7 Å². The van der Waals surface area contributed by atoms with Crippen LogP contribution >= 0.6 is 11.3 Å². The number of para-hydroxylation sites is 1. The quantitative estimate of drug-likeness (QED) is 0.858. The third-order valence-electron chi connectivity index (χ3n) is 3.52. The molecule has 0 aliphatic carbocycles. The molecule has 1 aromatic carbocycles. The first-order valence-electron chi connectivity index (χ1n) is 6.89. The fourth-order valence-electron chi connectivity index (χ4n) is 2.27. The second kappa shape index (κ2) is 6.86. The van der Waals surface area contributed by atoms with Crippen molar-refractivity contribution in [2.24, 2.45) is 0 Å². The molecular formula is C16H21FN2S. The molecule has 4 heteroatoms. The molecule has 108 valence electrons. The van der Waals surface area contributed by atoms with Crippen LogP contribution < -0.4 is 10.2 Å². The van der Waals surface area contributed by atoms with Crippen molar-refractivity contribution in [1.29, 1.82) is 0 Å². The van der Waals surface area contributed by atoms with Crippen molar-refractivity contribution in [3.05, 3.63) is 52.0 Å². The molecular weight excluding hydrogens is 271 g/mol. The minimum atomic E-state index is -0.161. The molecule has 0 bridgehead atoms. The zero-order chi connectivity index (χ0) is 14.5. The summed E-state index contributed by atoms with van der Waals surface area (Å²) in [6, 6.07) is 9.57. The average molecular weight is 292 g/mol. The Bertz CT molecular complexity index is 539. The third-order valence-corrected chi connectivity index (χ3v) is 4.57. The van der Waals surface area contributed by atoms with Crippen LogP contribution in [0.1, 0.15) is 30.3 Å². The smallest absolute Gasteiger partial charge is 0.146 e. The molecule has 0 saturated heterocycles. The van der Waals surface area contributed by atoms with Gasteiger partial charge < -0.3 is 10.2 Å². The molecule has 2 rings (SSSR count). The standard InChI is InChI=1S/C16H21FN2S/c1-4-18-11-13-7-5-8-14(17)16(13)19(3)12(2)15-9-6-10-20-15/h5-10,12,18H,4,11H2,1-3H3. The molecule has 0 saturated carbocycles. The highest BCUT2D eigenvalue weighted by atomic mass is 32.1. The van der Waals surface area contributed by atoms with Crippen molar-refractivity contribution in [2.45, 2.75) is 26.4 Å². The lowest BCUT2D eigenvalue weighted by Crippen LogP contribution is -2.25. The summed E-state index contributed by atoms with van der Waals surface area (Å²) >= 11 is 1.70. The SMILES string of the molecule is CCNCc1cccc(F)c1N(C)C(C)c1cccs1. The first-order valence-corrected chi connectivity index (χ1v) is 7.77. The highest BCUT2D eigenvalue weighted by Crippen LogP contribution is 2.32. The van der Waals surface area contributed by atoms with Gasteiger partial charge in [-0.25, -0.2) is 4.39 Å². The van der Waals surface area contributed by atoms with E-state index in [-0.39, 0.29) is 11.9 Å². The van der Waals surface area contributed by atoms with Crippen LogP contribution in [0.2, 0.25) is 0 Å². The van der Waals surface area contributed by atoms with Gasteiger partial charge in [-0.15, -0.1) is 11.3 Å². The molecule has 0 aliphatic heterocycles. The van der Waals surface area contributed by atoms with Gasteiger partial charge in [0.1, 0.15) is 5.82 Å². The average Bonchev–Trinajstić information content (AvgIpc) is 2.97. The molecule has 1 unspecified atom stereocenters. The van der Waals surface area contributed by atoms with Crippen LogP contribution in [0.3, 0.4) is 0 Å². The Morgan fingerprint density at radius 3 is 2.75 bits per heavy atom. The van der Waals surface area contributed by atoms with Gasteiger partial charge in [-0.1, -0.05) is 25.1 Å². The van der Waals surface area contributed by atoms with E-state index in [0.29, 0.717) is 12.2 Å². The maximum absolute atomic E-state index is 14.3. The molecule has 1 aromatic heterocycles. The molecule has 0 radical (unpaired) electrons. The summed E-state index contributed by atoms with van der Waals surface area (Å²) in [5, 5.41) is 5.33. The highest BCUT2D eigenvalue weighted by Gasteiger charge is 2.19. The predicted octanol–water partition coefficient (Wildman–Crippen LogP) is 4.19. The van der Waals surface area contributed by atoms with Gasteiger partial charge in [0.25, 0.3) is 0 Å². The Kier molecular flexibility index (Phi) is 5.15. The summed E-state index contributed by atoms with van der Waals surface area (Å²) in [5.74, 6) is -0.161. The Morgan fingerprint density at radius 1 is 1.30 bits per heavy atom. The molecule has 20 heavy (non-hydrogen) atoms.